The molecule has 0 radical (unpaired) electrons. The number of pyridine rings is 1. The Morgan fingerprint density at radius 1 is 1.24 bits per heavy atom. The first-order chi connectivity index (χ1) is 11.5. The number of rotatable bonds is 3. The Kier molecular flexibility index (Phi) is 5.83. The fourth-order valence-electron chi connectivity index (χ4n) is 2.60. The molecule has 1 N–H and O–H groups in total. The van der Waals surface area contributed by atoms with Gasteiger partial charge in [0.05, 0.1) is 17.1 Å². The normalized spacial score (nSPS) is 16.8. The molecule has 1 amide bonds. The molecule has 0 aliphatic carbocycles. The molecular formula is C16H22ClF3N4O. The largest absolute Gasteiger partial charge is 0.417 e. The first kappa shape index (κ1) is 19.8. The minimum absolute atomic E-state index is 0.0197. The SMILES string of the molecule is CC(C)(C)NC(=O)CN1CCN(c2ncc(C(F)(F)F)cc2Cl)CC1. The molecule has 2 heterocycles. The summed E-state index contributed by atoms with van der Waals surface area (Å²) in [6.45, 7) is 8.34. The van der Waals surface area contributed by atoms with Gasteiger partial charge in [0.2, 0.25) is 5.91 Å². The summed E-state index contributed by atoms with van der Waals surface area (Å²) in [6, 6.07) is 0.896. The van der Waals surface area contributed by atoms with Crippen molar-refractivity contribution in [2.75, 3.05) is 37.6 Å². The standard InChI is InChI=1S/C16H22ClF3N4O/c1-15(2,3)22-13(25)10-23-4-6-24(7-5-23)14-12(17)8-11(9-21-14)16(18,19)20/h8-9H,4-7,10H2,1-3H3,(H,22,25). The number of aromatic nitrogens is 1. The van der Waals surface area contributed by atoms with Crippen LogP contribution in [0.1, 0.15) is 26.3 Å². The van der Waals surface area contributed by atoms with Crippen LogP contribution in [0, 0.1) is 0 Å². The summed E-state index contributed by atoms with van der Waals surface area (Å²) in [6.07, 6.45) is -3.67. The van der Waals surface area contributed by atoms with Crippen LogP contribution in [-0.4, -0.2) is 54.1 Å². The molecule has 2 rings (SSSR count). The minimum Gasteiger partial charge on any atom is -0.353 e. The predicted molar refractivity (Wildman–Crippen MR) is 90.8 cm³/mol. The van der Waals surface area contributed by atoms with Crippen molar-refractivity contribution in [1.82, 2.24) is 15.2 Å². The molecular weight excluding hydrogens is 357 g/mol. The quantitative estimate of drug-likeness (QED) is 0.878. The number of halogens is 4. The number of piperazine rings is 1. The number of nitrogens with zero attached hydrogens (tertiary/aromatic N) is 3. The lowest BCUT2D eigenvalue weighted by Crippen LogP contribution is -2.52. The highest BCUT2D eigenvalue weighted by molar-refractivity contribution is 6.33. The molecule has 0 bridgehead atoms. The highest BCUT2D eigenvalue weighted by atomic mass is 35.5. The summed E-state index contributed by atoms with van der Waals surface area (Å²) in [7, 11) is 0. The van der Waals surface area contributed by atoms with Gasteiger partial charge in [0.25, 0.3) is 0 Å². The summed E-state index contributed by atoms with van der Waals surface area (Å²) in [5, 5.41) is 2.88. The van der Waals surface area contributed by atoms with Crippen molar-refractivity contribution in [3.8, 4) is 0 Å². The van der Waals surface area contributed by atoms with Gasteiger partial charge in [-0.1, -0.05) is 11.6 Å². The molecule has 1 saturated heterocycles. The zero-order valence-corrected chi connectivity index (χ0v) is 15.2. The van der Waals surface area contributed by atoms with E-state index in [1.165, 1.54) is 0 Å². The average Bonchev–Trinajstić information content (AvgIpc) is 2.45. The van der Waals surface area contributed by atoms with Gasteiger partial charge in [-0.05, 0) is 26.8 Å². The van der Waals surface area contributed by atoms with E-state index in [2.05, 4.69) is 10.3 Å². The number of hydrogen-bond acceptors (Lipinski definition) is 4. The van der Waals surface area contributed by atoms with Gasteiger partial charge in [-0.25, -0.2) is 4.98 Å². The first-order valence-corrected chi connectivity index (χ1v) is 8.34. The molecule has 0 saturated carbocycles. The van der Waals surface area contributed by atoms with E-state index in [1.54, 1.807) is 0 Å². The third-order valence-corrected chi connectivity index (χ3v) is 3.98. The van der Waals surface area contributed by atoms with Crippen LogP contribution in [0.2, 0.25) is 5.02 Å². The van der Waals surface area contributed by atoms with Crippen molar-refractivity contribution in [3.63, 3.8) is 0 Å². The van der Waals surface area contributed by atoms with Crippen molar-refractivity contribution in [2.45, 2.75) is 32.5 Å². The number of amides is 1. The second-order valence-corrected chi connectivity index (χ2v) is 7.50. The highest BCUT2D eigenvalue weighted by Crippen LogP contribution is 2.33. The number of carbonyl (C=O) groups is 1. The summed E-state index contributed by atoms with van der Waals surface area (Å²) >= 11 is 5.98. The zero-order valence-electron chi connectivity index (χ0n) is 14.5. The Balaban J connectivity index is 1.93. The van der Waals surface area contributed by atoms with Crippen molar-refractivity contribution in [2.24, 2.45) is 0 Å². The molecule has 1 aliphatic heterocycles. The zero-order chi connectivity index (χ0) is 18.8. The van der Waals surface area contributed by atoms with E-state index < -0.39 is 11.7 Å². The van der Waals surface area contributed by atoms with E-state index in [0.717, 1.165) is 12.3 Å². The van der Waals surface area contributed by atoms with Crippen molar-refractivity contribution >= 4 is 23.3 Å². The van der Waals surface area contributed by atoms with Gasteiger partial charge in [-0.2, -0.15) is 13.2 Å². The number of nitrogens with one attached hydrogen (secondary N) is 1. The molecule has 140 valence electrons. The molecule has 1 aromatic rings. The van der Waals surface area contributed by atoms with Gasteiger partial charge in [0.1, 0.15) is 5.82 Å². The molecule has 0 unspecified atom stereocenters. The van der Waals surface area contributed by atoms with E-state index in [0.29, 0.717) is 38.5 Å². The minimum atomic E-state index is -4.46. The Morgan fingerprint density at radius 3 is 2.32 bits per heavy atom. The van der Waals surface area contributed by atoms with Gasteiger partial charge in [-0.3, -0.25) is 9.69 Å². The van der Waals surface area contributed by atoms with Crippen LogP contribution in [0.15, 0.2) is 12.3 Å². The lowest BCUT2D eigenvalue weighted by atomic mass is 10.1. The highest BCUT2D eigenvalue weighted by Gasteiger charge is 2.32. The van der Waals surface area contributed by atoms with E-state index in [1.807, 2.05) is 30.6 Å². The molecule has 0 spiro atoms. The van der Waals surface area contributed by atoms with E-state index >= 15 is 0 Å². The maximum Gasteiger partial charge on any atom is 0.417 e. The van der Waals surface area contributed by atoms with Crippen LogP contribution in [0.5, 0.6) is 0 Å². The average molecular weight is 379 g/mol. The van der Waals surface area contributed by atoms with Gasteiger partial charge in [0, 0.05) is 37.9 Å². The van der Waals surface area contributed by atoms with Crippen molar-refractivity contribution in [1.29, 1.82) is 0 Å². The fraction of sp³-hybridized carbons (Fsp3) is 0.625. The Morgan fingerprint density at radius 2 is 1.84 bits per heavy atom. The molecule has 5 nitrogen and oxygen atoms in total. The third-order valence-electron chi connectivity index (χ3n) is 3.70. The van der Waals surface area contributed by atoms with E-state index in [-0.39, 0.29) is 16.5 Å². The third kappa shape index (κ3) is 5.74. The monoisotopic (exact) mass is 378 g/mol. The van der Waals surface area contributed by atoms with Gasteiger partial charge in [0.15, 0.2) is 0 Å². The number of carbonyl (C=O) groups excluding carboxylic acids is 1. The summed E-state index contributed by atoms with van der Waals surface area (Å²) in [5.41, 5.74) is -1.14. The molecule has 1 fully saturated rings. The maximum absolute atomic E-state index is 12.7. The van der Waals surface area contributed by atoms with Gasteiger partial charge >= 0.3 is 6.18 Å². The van der Waals surface area contributed by atoms with Gasteiger partial charge in [-0.15, -0.1) is 0 Å². The van der Waals surface area contributed by atoms with Crippen LogP contribution >= 0.6 is 11.6 Å². The number of hydrogen-bond donors (Lipinski definition) is 1. The van der Waals surface area contributed by atoms with E-state index in [9.17, 15) is 18.0 Å². The topological polar surface area (TPSA) is 48.5 Å². The Bertz CT molecular complexity index is 623. The molecule has 1 aliphatic rings. The van der Waals surface area contributed by atoms with Crippen molar-refractivity contribution in [3.05, 3.63) is 22.8 Å². The van der Waals surface area contributed by atoms with Gasteiger partial charge < -0.3 is 10.2 Å². The maximum atomic E-state index is 12.7. The summed E-state index contributed by atoms with van der Waals surface area (Å²) in [4.78, 5) is 19.7. The van der Waals surface area contributed by atoms with Crippen LogP contribution in [0.3, 0.4) is 0 Å². The molecule has 0 atom stereocenters. The smallest absolute Gasteiger partial charge is 0.353 e. The lowest BCUT2D eigenvalue weighted by Gasteiger charge is -2.35. The Hall–Kier alpha value is -1.54. The van der Waals surface area contributed by atoms with Crippen LogP contribution in [0.25, 0.3) is 0 Å². The first-order valence-electron chi connectivity index (χ1n) is 7.97. The molecule has 9 heteroatoms. The van der Waals surface area contributed by atoms with Crippen molar-refractivity contribution < 1.29 is 18.0 Å². The predicted octanol–water partition coefficient (Wildman–Crippen LogP) is 2.79. The van der Waals surface area contributed by atoms with Crippen LogP contribution in [0.4, 0.5) is 19.0 Å². The Labute approximate surface area is 150 Å². The second-order valence-electron chi connectivity index (χ2n) is 7.09. The summed E-state index contributed by atoms with van der Waals surface area (Å²) < 4.78 is 38.0. The van der Waals surface area contributed by atoms with Crippen LogP contribution < -0.4 is 10.2 Å². The fourth-order valence-corrected chi connectivity index (χ4v) is 2.88. The molecule has 25 heavy (non-hydrogen) atoms. The lowest BCUT2D eigenvalue weighted by molar-refractivity contribution is -0.137. The summed E-state index contributed by atoms with van der Waals surface area (Å²) in [5.74, 6) is 0.292. The molecule has 0 aromatic carbocycles. The molecule has 1 aromatic heterocycles. The number of anilines is 1. The second kappa shape index (κ2) is 7.37. The van der Waals surface area contributed by atoms with Crippen LogP contribution in [-0.2, 0) is 11.0 Å². The number of alkyl halides is 3. The van der Waals surface area contributed by atoms with E-state index in [4.69, 9.17) is 11.6 Å².